The molecule has 4 aliphatic rings. The molecule has 1 unspecified atom stereocenters. The monoisotopic (exact) mass is 1600 g/mol. The van der Waals surface area contributed by atoms with Crippen LogP contribution in [0.2, 0.25) is 0 Å². The Hall–Kier alpha value is -16.0. The van der Waals surface area contributed by atoms with Gasteiger partial charge in [0.2, 0.25) is 0 Å². The summed E-state index contributed by atoms with van der Waals surface area (Å²) < 4.78 is 7.01. The van der Waals surface area contributed by atoms with Gasteiger partial charge in [0.15, 0.2) is 5.58 Å². The molecule has 0 fully saturated rings. The second-order valence-electron chi connectivity index (χ2n) is 33.8. The summed E-state index contributed by atoms with van der Waals surface area (Å²) in [5.74, 6) is 0.0675. The zero-order valence-corrected chi connectivity index (χ0v) is 69.3. The third kappa shape index (κ3) is 11.9. The molecule has 0 saturated carbocycles. The Morgan fingerprint density at radius 1 is 0.214 bits per heavy atom. The Bertz CT molecular complexity index is 7640. The molecule has 2 heteroatoms. The largest absolute Gasteiger partial charge is 0.453 e. The molecular weight excluding hydrogens is 1520 g/mol. The van der Waals surface area contributed by atoms with Gasteiger partial charge in [-0.2, -0.15) is 0 Å². The van der Waals surface area contributed by atoms with Gasteiger partial charge in [0, 0.05) is 33.6 Å². The lowest BCUT2D eigenvalue weighted by Gasteiger charge is -2.34. The maximum Gasteiger partial charge on any atom is 0.159 e. The van der Waals surface area contributed by atoms with Gasteiger partial charge in [-0.1, -0.05) is 449 Å². The number of nitrogens with zero attached hydrogens (tertiary/aromatic N) is 1. The van der Waals surface area contributed by atoms with Crippen molar-refractivity contribution in [3.63, 3.8) is 0 Å². The topological polar surface area (TPSA) is 16.4 Å². The summed E-state index contributed by atoms with van der Waals surface area (Å²) in [6.07, 6.45) is 0.978. The van der Waals surface area contributed by atoms with Gasteiger partial charge in [0.1, 0.15) is 5.58 Å². The summed E-state index contributed by atoms with van der Waals surface area (Å²) >= 11 is 0. The molecule has 1 spiro atoms. The normalized spacial score (nSPS) is 13.1. The molecule has 25 rings (SSSR count). The minimum absolute atomic E-state index is 0.0675. The summed E-state index contributed by atoms with van der Waals surface area (Å²) in [5, 5.41) is 2.19. The SMILES string of the molecule is c1ccc(-c2ccc(C(c3ccc(-c4ccc5c(c4)-c4ccccc4C54c5ccccc5-c5ccccc54)cc3)c3ccc(-c4cccc5c4Cc4ccccc4-5)cc3)cc2)cc1.c1ccc(-c2ccc(N(c3ccc(-c4cccc5c4-c4ccccc4C5(c4ccccc4)c4ccccc4)cc3)c3cccc4c3oc3c(-c5ccccc5)cccc34)cc2)cc1. The van der Waals surface area contributed by atoms with Gasteiger partial charge in [0.05, 0.1) is 16.5 Å². The molecule has 1 aromatic heterocycles. The molecule has 21 aromatic rings. The lowest BCUT2D eigenvalue weighted by atomic mass is 9.67. The summed E-state index contributed by atoms with van der Waals surface area (Å²) in [5.41, 5.74) is 46.4. The van der Waals surface area contributed by atoms with Gasteiger partial charge in [-0.25, -0.2) is 0 Å². The molecule has 20 aromatic carbocycles. The molecule has 0 bridgehead atoms. The van der Waals surface area contributed by atoms with E-state index in [9.17, 15) is 0 Å². The number of hydrogen-bond acceptors (Lipinski definition) is 2. The van der Waals surface area contributed by atoms with Gasteiger partial charge in [-0.15, -0.1) is 0 Å². The highest BCUT2D eigenvalue weighted by molar-refractivity contribution is 6.14. The number of furan rings is 1. The number of rotatable bonds is 14. The van der Waals surface area contributed by atoms with Crippen LogP contribution < -0.4 is 4.90 Å². The Labute approximate surface area is 735 Å². The molecular formula is C124H83NO. The van der Waals surface area contributed by atoms with Gasteiger partial charge in [-0.3, -0.25) is 0 Å². The summed E-state index contributed by atoms with van der Waals surface area (Å²) in [6.45, 7) is 0. The summed E-state index contributed by atoms with van der Waals surface area (Å²) in [4.78, 5) is 2.34. The standard InChI is InChI=1S/C63H42.C61H41NO/c1-2-13-41(14-3-1)42-25-31-45(32-26-42)62(47-35-29-44(30-36-47)50-20-12-21-52-51-16-5-4-15-49(51)40-56(50)52)46-33-27-43(28-34-46)48-37-38-61-57(39-48)55-19-8-11-24-60(55)63(61)58-22-9-6-17-53(58)54-18-7-10-23-59(54)63;1-5-18-42(19-6-1)43-34-38-48(39-35-43)62(57-33-17-30-53-52-29-15-28-51(59(52)63-60(53)57)44-20-7-2-8-21-44)49-40-36-45(37-41-49)50-27-16-32-56-58(50)54-26-13-14-31-55(54)61(56,46-22-9-3-10-23-46)47-24-11-4-12-25-47/h1-39,62H,40H2;1-41H. The molecule has 0 aliphatic heterocycles. The molecule has 4 aliphatic carbocycles. The van der Waals surface area contributed by atoms with Crippen molar-refractivity contribution in [2.45, 2.75) is 23.2 Å². The van der Waals surface area contributed by atoms with Crippen LogP contribution in [0.1, 0.15) is 78.2 Å². The number of benzene rings is 20. The fourth-order valence-corrected chi connectivity index (χ4v) is 21.7. The van der Waals surface area contributed by atoms with E-state index in [-0.39, 0.29) is 11.3 Å². The zero-order chi connectivity index (χ0) is 83.2. The van der Waals surface area contributed by atoms with Crippen molar-refractivity contribution in [3.8, 4) is 111 Å². The van der Waals surface area contributed by atoms with E-state index in [4.69, 9.17) is 4.42 Å². The van der Waals surface area contributed by atoms with E-state index in [1.165, 1.54) is 167 Å². The molecule has 1 atom stereocenters. The minimum atomic E-state index is -0.460. The Kier molecular flexibility index (Phi) is 17.9. The Balaban J connectivity index is 0.000000141. The molecule has 2 nitrogen and oxygen atoms in total. The quantitative estimate of drug-likeness (QED) is 0.101. The van der Waals surface area contributed by atoms with Crippen LogP contribution in [0.25, 0.3) is 133 Å². The van der Waals surface area contributed by atoms with Crippen LogP contribution in [0.15, 0.2) is 490 Å². The van der Waals surface area contributed by atoms with E-state index in [0.717, 1.165) is 62.1 Å². The molecule has 0 radical (unpaired) electrons. The molecule has 126 heavy (non-hydrogen) atoms. The highest BCUT2D eigenvalue weighted by atomic mass is 16.3. The zero-order valence-electron chi connectivity index (χ0n) is 69.3. The van der Waals surface area contributed by atoms with E-state index in [1.54, 1.807) is 0 Å². The molecule has 0 saturated heterocycles. The van der Waals surface area contributed by atoms with Crippen LogP contribution in [-0.4, -0.2) is 0 Å². The maximum absolute atomic E-state index is 7.01. The van der Waals surface area contributed by atoms with Crippen molar-refractivity contribution in [1.82, 2.24) is 0 Å². The van der Waals surface area contributed by atoms with E-state index in [0.29, 0.717) is 0 Å². The first-order chi connectivity index (χ1) is 62.5. The van der Waals surface area contributed by atoms with Crippen LogP contribution in [0.5, 0.6) is 0 Å². The fourth-order valence-electron chi connectivity index (χ4n) is 21.7. The highest BCUT2D eigenvalue weighted by Gasteiger charge is 2.52. The Morgan fingerprint density at radius 3 is 1.13 bits per heavy atom. The average Bonchev–Trinajstić information content (AvgIpc) is 1.52. The molecule has 1 heterocycles. The number of anilines is 3. The van der Waals surface area contributed by atoms with Gasteiger partial charge in [-0.05, 0) is 221 Å². The number of hydrogen-bond donors (Lipinski definition) is 0. The van der Waals surface area contributed by atoms with Crippen molar-refractivity contribution < 1.29 is 4.42 Å². The highest BCUT2D eigenvalue weighted by Crippen LogP contribution is 2.64. The summed E-state index contributed by atoms with van der Waals surface area (Å²) in [7, 11) is 0. The second-order valence-corrected chi connectivity index (χ2v) is 33.8. The first-order valence-electron chi connectivity index (χ1n) is 43.9. The van der Waals surface area contributed by atoms with Crippen molar-refractivity contribution in [2.75, 3.05) is 4.90 Å². The third-order valence-corrected chi connectivity index (χ3v) is 27.3. The maximum atomic E-state index is 7.01. The first-order valence-corrected chi connectivity index (χ1v) is 43.9. The van der Waals surface area contributed by atoms with Gasteiger partial charge >= 0.3 is 0 Å². The lowest BCUT2D eigenvalue weighted by Crippen LogP contribution is -2.28. The second kappa shape index (κ2) is 30.6. The minimum Gasteiger partial charge on any atom is -0.453 e. The Morgan fingerprint density at radius 2 is 0.563 bits per heavy atom. The van der Waals surface area contributed by atoms with Crippen molar-refractivity contribution in [2.24, 2.45) is 0 Å². The van der Waals surface area contributed by atoms with Gasteiger partial charge in [0.25, 0.3) is 0 Å². The number of para-hydroxylation sites is 2. The van der Waals surface area contributed by atoms with Crippen molar-refractivity contribution in [3.05, 3.63) is 558 Å². The first kappa shape index (κ1) is 73.9. The molecule has 0 N–H and O–H groups in total. The van der Waals surface area contributed by atoms with Crippen LogP contribution >= 0.6 is 0 Å². The van der Waals surface area contributed by atoms with E-state index < -0.39 is 5.41 Å². The smallest absolute Gasteiger partial charge is 0.159 e. The average molecular weight is 1600 g/mol. The molecule has 0 amide bonds. The van der Waals surface area contributed by atoms with E-state index in [1.807, 2.05) is 0 Å². The van der Waals surface area contributed by atoms with Crippen molar-refractivity contribution >= 4 is 39.0 Å². The predicted octanol–water partition coefficient (Wildman–Crippen LogP) is 32.2. The third-order valence-electron chi connectivity index (χ3n) is 27.3. The van der Waals surface area contributed by atoms with Crippen LogP contribution in [0.3, 0.4) is 0 Å². The van der Waals surface area contributed by atoms with Gasteiger partial charge < -0.3 is 9.32 Å². The fraction of sp³-hybridized carbons (Fsp3) is 0.0323. The van der Waals surface area contributed by atoms with Crippen LogP contribution in [0, 0.1) is 0 Å². The predicted molar refractivity (Wildman–Crippen MR) is 523 cm³/mol. The lowest BCUT2D eigenvalue weighted by molar-refractivity contribution is 0.670. The summed E-state index contributed by atoms with van der Waals surface area (Å²) in [6, 6.07) is 179. The number of fused-ring (bicyclic) bond motifs is 19. The van der Waals surface area contributed by atoms with E-state index >= 15 is 0 Å². The molecule has 590 valence electrons. The van der Waals surface area contributed by atoms with Crippen molar-refractivity contribution in [1.29, 1.82) is 0 Å². The van der Waals surface area contributed by atoms with E-state index in [2.05, 4.69) is 490 Å². The van der Waals surface area contributed by atoms with Crippen LogP contribution in [-0.2, 0) is 17.3 Å². The van der Waals surface area contributed by atoms with Crippen LogP contribution in [0.4, 0.5) is 17.1 Å².